The molecule has 0 aliphatic carbocycles. The Hall–Kier alpha value is -5.20. The standard InChI is InChI=1S/C43H47F3N2O6Si/c1-6-27-48(28-26-30-22-24-32(25-23-30)31-16-10-7-11-17-31)39(49)38-37(47-41(51)43(44,45)46)35(29-36(53-38)40(50)52-5)54-55(42(2,3)4,33-18-12-8-13-19-33)34-20-14-9-15-21-34/h7-25,29,35,37-38H,6,26-28H2,1-5H3,(H,47,51)/t35-,37-,38-/m1/s1. The SMILES string of the molecule is CCCN(CCc1ccc(-c2ccccc2)cc1)C(=O)[C@@H]1OC(C(=O)OC)=C[C@@H](O[Si](c2ccccc2)(c2ccccc2)C(C)(C)C)[C@H]1NC(=O)C(F)(F)F. The van der Waals surface area contributed by atoms with Crippen LogP contribution in [0.5, 0.6) is 0 Å². The monoisotopic (exact) mass is 772 g/mol. The summed E-state index contributed by atoms with van der Waals surface area (Å²) in [6, 6.07) is 34.8. The molecule has 0 bridgehead atoms. The van der Waals surface area contributed by atoms with E-state index in [1.54, 1.807) is 0 Å². The van der Waals surface area contributed by atoms with Crippen molar-refractivity contribution in [3.63, 3.8) is 0 Å². The molecule has 5 rings (SSSR count). The number of methoxy groups -OCH3 is 1. The first kappa shape index (κ1) is 41.0. The molecule has 0 unspecified atom stereocenters. The Bertz CT molecular complexity index is 1900. The van der Waals surface area contributed by atoms with Crippen LogP contribution in [0.4, 0.5) is 13.2 Å². The van der Waals surface area contributed by atoms with E-state index in [0.29, 0.717) is 12.8 Å². The van der Waals surface area contributed by atoms with Crippen LogP contribution >= 0.6 is 0 Å². The lowest BCUT2D eigenvalue weighted by Crippen LogP contribution is -2.71. The minimum absolute atomic E-state index is 0.189. The zero-order valence-corrected chi connectivity index (χ0v) is 32.6. The van der Waals surface area contributed by atoms with Gasteiger partial charge in [0.25, 0.3) is 14.2 Å². The first-order valence-corrected chi connectivity index (χ1v) is 20.2. The summed E-state index contributed by atoms with van der Waals surface area (Å²) < 4.78 is 60.2. The third kappa shape index (κ3) is 9.37. The first-order valence-electron chi connectivity index (χ1n) is 18.3. The molecule has 0 saturated heterocycles. The number of ether oxygens (including phenoxy) is 2. The Kier molecular flexibility index (Phi) is 13.0. The van der Waals surface area contributed by atoms with E-state index in [9.17, 15) is 27.6 Å². The predicted octanol–water partition coefficient (Wildman–Crippen LogP) is 6.58. The zero-order chi connectivity index (χ0) is 39.8. The van der Waals surface area contributed by atoms with Gasteiger partial charge in [-0.05, 0) is 51.0 Å². The molecule has 2 amide bonds. The van der Waals surface area contributed by atoms with Crippen LogP contribution in [0.2, 0.25) is 5.04 Å². The van der Waals surface area contributed by atoms with Crippen LogP contribution in [0.25, 0.3) is 11.1 Å². The van der Waals surface area contributed by atoms with E-state index in [1.807, 2.05) is 143 Å². The highest BCUT2D eigenvalue weighted by molar-refractivity contribution is 6.99. The molecule has 0 saturated carbocycles. The van der Waals surface area contributed by atoms with Gasteiger partial charge in [0.15, 0.2) is 6.10 Å². The molecule has 290 valence electrons. The fourth-order valence-corrected chi connectivity index (χ4v) is 11.7. The van der Waals surface area contributed by atoms with Crippen molar-refractivity contribution in [2.45, 2.75) is 70.0 Å². The van der Waals surface area contributed by atoms with Crippen molar-refractivity contribution in [1.29, 1.82) is 0 Å². The fraction of sp³-hybridized carbons (Fsp3) is 0.326. The van der Waals surface area contributed by atoms with Gasteiger partial charge in [0.2, 0.25) is 5.76 Å². The van der Waals surface area contributed by atoms with Crippen molar-refractivity contribution in [3.05, 3.63) is 133 Å². The number of nitrogens with zero attached hydrogens (tertiary/aromatic N) is 1. The third-order valence-electron chi connectivity index (χ3n) is 9.70. The highest BCUT2D eigenvalue weighted by atomic mass is 28.4. The minimum atomic E-state index is -5.29. The Labute approximate surface area is 321 Å². The van der Waals surface area contributed by atoms with E-state index in [0.717, 1.165) is 34.2 Å². The Morgan fingerprint density at radius 3 is 1.80 bits per heavy atom. The van der Waals surface area contributed by atoms with Gasteiger partial charge in [0, 0.05) is 13.1 Å². The molecule has 3 atom stereocenters. The Morgan fingerprint density at radius 1 is 0.782 bits per heavy atom. The fourth-order valence-electron chi connectivity index (χ4n) is 7.03. The summed E-state index contributed by atoms with van der Waals surface area (Å²) in [6.45, 7) is 8.22. The van der Waals surface area contributed by atoms with Gasteiger partial charge >= 0.3 is 18.1 Å². The molecule has 0 fully saturated rings. The van der Waals surface area contributed by atoms with E-state index >= 15 is 0 Å². The van der Waals surface area contributed by atoms with Gasteiger partial charge in [-0.2, -0.15) is 13.2 Å². The number of alkyl halides is 3. The van der Waals surface area contributed by atoms with Gasteiger partial charge in [-0.3, -0.25) is 9.59 Å². The van der Waals surface area contributed by atoms with Crippen molar-refractivity contribution in [2.75, 3.05) is 20.2 Å². The van der Waals surface area contributed by atoms with Crippen LogP contribution in [0, 0.1) is 0 Å². The zero-order valence-electron chi connectivity index (χ0n) is 31.6. The quantitative estimate of drug-likeness (QED) is 0.122. The normalized spacial score (nSPS) is 17.4. The second-order valence-corrected chi connectivity index (χ2v) is 18.7. The summed E-state index contributed by atoms with van der Waals surface area (Å²) >= 11 is 0. The second kappa shape index (κ2) is 17.5. The topological polar surface area (TPSA) is 94.2 Å². The van der Waals surface area contributed by atoms with Crippen LogP contribution < -0.4 is 15.7 Å². The molecular weight excluding hydrogens is 726 g/mol. The molecule has 55 heavy (non-hydrogen) atoms. The maximum absolute atomic E-state index is 14.6. The lowest BCUT2D eigenvalue weighted by atomic mass is 9.98. The molecule has 1 heterocycles. The minimum Gasteiger partial charge on any atom is -0.471 e. The lowest BCUT2D eigenvalue weighted by Gasteiger charge is -2.47. The van der Waals surface area contributed by atoms with Gasteiger partial charge in [-0.25, -0.2) is 4.79 Å². The Balaban J connectivity index is 1.57. The van der Waals surface area contributed by atoms with Crippen LogP contribution in [0.1, 0.15) is 39.7 Å². The highest BCUT2D eigenvalue weighted by Gasteiger charge is 2.55. The Morgan fingerprint density at radius 2 is 1.31 bits per heavy atom. The largest absolute Gasteiger partial charge is 0.471 e. The van der Waals surface area contributed by atoms with Gasteiger partial charge in [-0.1, -0.05) is 143 Å². The average Bonchev–Trinajstić information content (AvgIpc) is 3.18. The van der Waals surface area contributed by atoms with Crippen LogP contribution in [0.15, 0.2) is 127 Å². The van der Waals surface area contributed by atoms with E-state index in [-0.39, 0.29) is 13.1 Å². The maximum atomic E-state index is 14.6. The predicted molar refractivity (Wildman–Crippen MR) is 208 cm³/mol. The van der Waals surface area contributed by atoms with Gasteiger partial charge in [-0.15, -0.1) is 0 Å². The number of hydrogen-bond donors (Lipinski definition) is 1. The van der Waals surface area contributed by atoms with E-state index in [4.69, 9.17) is 13.9 Å². The molecular formula is C43H47F3N2O6Si. The molecule has 12 heteroatoms. The van der Waals surface area contributed by atoms with Gasteiger partial charge in [0.05, 0.1) is 13.2 Å². The summed E-state index contributed by atoms with van der Waals surface area (Å²) in [7, 11) is -2.42. The number of rotatable bonds is 13. The number of nitrogens with one attached hydrogen (secondary N) is 1. The van der Waals surface area contributed by atoms with Crippen molar-refractivity contribution in [3.8, 4) is 11.1 Å². The first-order chi connectivity index (χ1) is 26.2. The summed E-state index contributed by atoms with van der Waals surface area (Å²) in [5.74, 6) is -4.34. The van der Waals surface area contributed by atoms with Crippen LogP contribution in [-0.2, 0) is 34.7 Å². The molecule has 8 nitrogen and oxygen atoms in total. The molecule has 0 radical (unpaired) electrons. The summed E-state index contributed by atoms with van der Waals surface area (Å²) in [5, 5.41) is 2.98. The van der Waals surface area contributed by atoms with Crippen molar-refractivity contribution >= 4 is 36.5 Å². The number of halogens is 3. The smallest absolute Gasteiger partial charge is 0.471 e. The average molecular weight is 773 g/mol. The van der Waals surface area contributed by atoms with Crippen LogP contribution in [0.3, 0.4) is 0 Å². The molecule has 1 N–H and O–H groups in total. The van der Waals surface area contributed by atoms with E-state index in [2.05, 4.69) is 5.32 Å². The van der Waals surface area contributed by atoms with Crippen molar-refractivity contribution in [2.24, 2.45) is 0 Å². The number of benzene rings is 4. The maximum Gasteiger partial charge on any atom is 0.471 e. The summed E-state index contributed by atoms with van der Waals surface area (Å²) in [4.78, 5) is 42.1. The summed E-state index contributed by atoms with van der Waals surface area (Å²) in [5.41, 5.74) is 3.02. The van der Waals surface area contributed by atoms with E-state index in [1.165, 1.54) is 11.0 Å². The van der Waals surface area contributed by atoms with Gasteiger partial charge in [0.1, 0.15) is 6.04 Å². The number of hydrogen-bond acceptors (Lipinski definition) is 6. The number of esters is 1. The number of amides is 2. The molecule has 0 spiro atoms. The molecule has 1 aliphatic rings. The van der Waals surface area contributed by atoms with Crippen LogP contribution in [-0.4, -0.2) is 75.6 Å². The van der Waals surface area contributed by atoms with E-state index < -0.39 is 61.3 Å². The van der Waals surface area contributed by atoms with Gasteiger partial charge < -0.3 is 24.1 Å². The second-order valence-electron chi connectivity index (χ2n) is 14.4. The molecule has 4 aromatic rings. The van der Waals surface area contributed by atoms with Crippen molar-refractivity contribution in [1.82, 2.24) is 10.2 Å². The summed E-state index contributed by atoms with van der Waals surface area (Å²) in [6.07, 6.45) is -6.35. The lowest BCUT2D eigenvalue weighted by molar-refractivity contribution is -0.177. The number of carbonyl (C=O) groups excluding carboxylic acids is 3. The van der Waals surface area contributed by atoms with Crippen molar-refractivity contribution < 1.29 is 41.5 Å². The molecule has 4 aromatic carbocycles. The number of carbonyl (C=O) groups is 3. The third-order valence-corrected chi connectivity index (χ3v) is 14.7. The molecule has 0 aromatic heterocycles. The molecule has 1 aliphatic heterocycles. The highest BCUT2D eigenvalue weighted by Crippen LogP contribution is 2.39.